The van der Waals surface area contributed by atoms with Crippen LogP contribution in [-0.4, -0.2) is 9.94 Å². The van der Waals surface area contributed by atoms with Crippen molar-refractivity contribution in [2.24, 2.45) is 0 Å². The van der Waals surface area contributed by atoms with Gasteiger partial charge in [-0.3, -0.25) is 0 Å². The van der Waals surface area contributed by atoms with Crippen molar-refractivity contribution in [2.45, 2.75) is 0 Å². The Balaban J connectivity index is 2.28. The van der Waals surface area contributed by atoms with Gasteiger partial charge in [-0.05, 0) is 12.1 Å². The van der Waals surface area contributed by atoms with E-state index in [1.165, 1.54) is 17.2 Å². The monoisotopic (exact) mass is 227 g/mol. The average Bonchev–Trinajstić information content (AvgIpc) is 2.64. The molecule has 14 heavy (non-hydrogen) atoms. The maximum absolute atomic E-state index is 5.88. The maximum Gasteiger partial charge on any atom is 0.177 e. The largest absolute Gasteiger partial charge is 0.356 e. The molecule has 1 aromatic carbocycles. The molecule has 71 valence electrons. The van der Waals surface area contributed by atoms with Crippen LogP contribution < -0.4 is 4.84 Å². The smallest absolute Gasteiger partial charge is 0.177 e. The van der Waals surface area contributed by atoms with Gasteiger partial charge in [0.2, 0.25) is 0 Å². The first-order valence-electron chi connectivity index (χ1n) is 3.80. The number of hydrogen-bond acceptors (Lipinski definition) is 2. The van der Waals surface area contributed by atoms with Crippen LogP contribution in [0.4, 0.5) is 0 Å². The minimum Gasteiger partial charge on any atom is -0.356 e. The van der Waals surface area contributed by atoms with Gasteiger partial charge in [-0.2, -0.15) is 0 Å². The summed E-state index contributed by atoms with van der Waals surface area (Å²) < 4.78 is 0. The molecule has 2 rings (SSSR count). The fraction of sp³-hybridized carbons (Fsp3) is 0. The van der Waals surface area contributed by atoms with Gasteiger partial charge in [-0.15, -0.1) is 5.10 Å². The van der Waals surface area contributed by atoms with Gasteiger partial charge < -0.3 is 4.84 Å². The molecule has 0 fully saturated rings. The van der Waals surface area contributed by atoms with Crippen LogP contribution in [0.1, 0.15) is 0 Å². The molecule has 0 N–H and O–H groups in total. The van der Waals surface area contributed by atoms with E-state index in [9.17, 15) is 0 Å². The average molecular weight is 228 g/mol. The number of benzene rings is 1. The van der Waals surface area contributed by atoms with Crippen LogP contribution in [0.25, 0.3) is 0 Å². The van der Waals surface area contributed by atoms with Crippen LogP contribution in [0.5, 0.6) is 5.75 Å². The van der Waals surface area contributed by atoms with Crippen molar-refractivity contribution in [1.82, 2.24) is 9.94 Å². The van der Waals surface area contributed by atoms with Gasteiger partial charge in [-0.25, -0.2) is 0 Å². The molecule has 0 saturated carbocycles. The zero-order valence-corrected chi connectivity index (χ0v) is 8.46. The van der Waals surface area contributed by atoms with Crippen molar-refractivity contribution in [1.29, 1.82) is 0 Å². The summed E-state index contributed by atoms with van der Waals surface area (Å²) in [6.45, 7) is 0. The number of nitrogens with zero attached hydrogens (tertiary/aromatic N) is 2. The molecule has 1 heterocycles. The number of aromatic nitrogens is 2. The van der Waals surface area contributed by atoms with Gasteiger partial charge in [0, 0.05) is 17.2 Å². The van der Waals surface area contributed by atoms with E-state index in [0.717, 1.165) is 0 Å². The Morgan fingerprint density at radius 1 is 1.36 bits per heavy atom. The van der Waals surface area contributed by atoms with E-state index < -0.39 is 0 Å². The first kappa shape index (κ1) is 9.37. The molecule has 5 heteroatoms. The minimum atomic E-state index is 0.455. The molecule has 0 aliphatic carbocycles. The quantitative estimate of drug-likeness (QED) is 0.790. The van der Waals surface area contributed by atoms with E-state index in [4.69, 9.17) is 28.0 Å². The Morgan fingerprint density at radius 3 is 2.93 bits per heavy atom. The summed E-state index contributed by atoms with van der Waals surface area (Å²) in [7, 11) is 0. The molecule has 0 bridgehead atoms. The number of halogens is 2. The summed E-state index contributed by atoms with van der Waals surface area (Å²) in [5.74, 6) is 0.455. The van der Waals surface area contributed by atoms with E-state index in [1.54, 1.807) is 18.2 Å². The van der Waals surface area contributed by atoms with Gasteiger partial charge in [0.25, 0.3) is 0 Å². The van der Waals surface area contributed by atoms with E-state index in [0.29, 0.717) is 15.8 Å². The summed E-state index contributed by atoms with van der Waals surface area (Å²) in [5.41, 5.74) is 0. The van der Waals surface area contributed by atoms with Crippen LogP contribution in [0.3, 0.4) is 0 Å². The third-order valence-electron chi connectivity index (χ3n) is 1.52. The third-order valence-corrected chi connectivity index (χ3v) is 2.06. The predicted octanol–water partition coefficient (Wildman–Crippen LogP) is 2.83. The first-order valence-corrected chi connectivity index (χ1v) is 4.55. The van der Waals surface area contributed by atoms with Gasteiger partial charge >= 0.3 is 0 Å². The van der Waals surface area contributed by atoms with Gasteiger partial charge in [0.15, 0.2) is 5.75 Å². The molecular formula is C9H5Cl2N2O. The summed E-state index contributed by atoms with van der Waals surface area (Å²) >= 11 is 11.7. The van der Waals surface area contributed by atoms with Crippen LogP contribution in [0.2, 0.25) is 10.0 Å². The summed E-state index contributed by atoms with van der Waals surface area (Å²) in [5, 5.41) is 4.85. The lowest BCUT2D eigenvalue weighted by atomic mass is 10.3. The fourth-order valence-electron chi connectivity index (χ4n) is 0.919. The normalized spacial score (nSPS) is 10.1. The molecule has 0 saturated heterocycles. The number of hydrogen-bond donors (Lipinski definition) is 0. The second-order valence-electron chi connectivity index (χ2n) is 2.51. The zero-order chi connectivity index (χ0) is 9.97. The number of rotatable bonds is 2. The maximum atomic E-state index is 5.88. The standard InChI is InChI=1S/C9H5Cl2N2O/c10-7-2-3-8(11)9(6-7)14-13-5-1-4-12-13/h2-6H. The summed E-state index contributed by atoms with van der Waals surface area (Å²) in [4.78, 5) is 6.54. The van der Waals surface area contributed by atoms with E-state index in [-0.39, 0.29) is 0 Å². The van der Waals surface area contributed by atoms with Crippen molar-refractivity contribution < 1.29 is 4.84 Å². The van der Waals surface area contributed by atoms with E-state index in [1.807, 2.05) is 0 Å². The highest BCUT2D eigenvalue weighted by Gasteiger charge is 2.03. The predicted molar refractivity (Wildman–Crippen MR) is 53.6 cm³/mol. The lowest BCUT2D eigenvalue weighted by Gasteiger charge is -2.05. The summed E-state index contributed by atoms with van der Waals surface area (Å²) in [6, 6.07) is 7.70. The fourth-order valence-corrected chi connectivity index (χ4v) is 1.23. The van der Waals surface area contributed by atoms with Gasteiger partial charge in [0.05, 0.1) is 17.4 Å². The molecule has 0 aliphatic heterocycles. The molecule has 0 atom stereocenters. The lowest BCUT2D eigenvalue weighted by molar-refractivity contribution is 0.179. The van der Waals surface area contributed by atoms with Crippen molar-refractivity contribution in [3.63, 3.8) is 0 Å². The van der Waals surface area contributed by atoms with Crippen LogP contribution in [-0.2, 0) is 0 Å². The minimum absolute atomic E-state index is 0.455. The van der Waals surface area contributed by atoms with Crippen molar-refractivity contribution in [3.8, 4) is 5.75 Å². The Morgan fingerprint density at radius 2 is 2.21 bits per heavy atom. The zero-order valence-electron chi connectivity index (χ0n) is 6.95. The van der Waals surface area contributed by atoms with Crippen molar-refractivity contribution in [2.75, 3.05) is 0 Å². The van der Waals surface area contributed by atoms with E-state index in [2.05, 4.69) is 11.2 Å². The molecule has 0 amide bonds. The Bertz CT molecular complexity index is 428. The Kier molecular flexibility index (Phi) is 2.61. The molecule has 0 unspecified atom stereocenters. The van der Waals surface area contributed by atoms with Gasteiger partial charge in [0.1, 0.15) is 0 Å². The highest BCUT2D eigenvalue weighted by Crippen LogP contribution is 2.27. The summed E-state index contributed by atoms with van der Waals surface area (Å²) in [6.07, 6.45) is 3.02. The molecule has 3 nitrogen and oxygen atoms in total. The van der Waals surface area contributed by atoms with Crippen LogP contribution in [0.15, 0.2) is 30.6 Å². The third kappa shape index (κ3) is 2.00. The molecule has 0 aliphatic rings. The SMILES string of the molecule is Clc1ccc(Cl)c(On2c[c]cn2)c1. The van der Waals surface area contributed by atoms with Crippen LogP contribution >= 0.6 is 23.2 Å². The van der Waals surface area contributed by atoms with Gasteiger partial charge in [-0.1, -0.05) is 28.0 Å². The molecule has 0 spiro atoms. The first-order chi connectivity index (χ1) is 6.75. The Labute approximate surface area is 90.8 Å². The van der Waals surface area contributed by atoms with Crippen molar-refractivity contribution >= 4 is 23.2 Å². The van der Waals surface area contributed by atoms with Crippen molar-refractivity contribution in [3.05, 3.63) is 46.7 Å². The van der Waals surface area contributed by atoms with Crippen LogP contribution in [0, 0.1) is 6.07 Å². The lowest BCUT2D eigenvalue weighted by Crippen LogP contribution is -2.05. The van der Waals surface area contributed by atoms with E-state index >= 15 is 0 Å². The molecule has 1 radical (unpaired) electrons. The highest BCUT2D eigenvalue weighted by molar-refractivity contribution is 6.34. The molecule has 2 aromatic rings. The topological polar surface area (TPSA) is 27.1 Å². The second kappa shape index (κ2) is 3.90. The highest BCUT2D eigenvalue weighted by atomic mass is 35.5. The Hall–Kier alpha value is -1.19. The molecule has 1 aromatic heterocycles. The second-order valence-corrected chi connectivity index (χ2v) is 3.35. The molecular weight excluding hydrogens is 223 g/mol.